The van der Waals surface area contributed by atoms with Gasteiger partial charge in [-0.15, -0.1) is 0 Å². The maximum absolute atomic E-state index is 13.2. The molecule has 2 atom stereocenters. The molecular weight excluding hydrogens is 379 g/mol. The molecule has 0 spiro atoms. The number of piperazine rings is 1. The summed E-state index contributed by atoms with van der Waals surface area (Å²) in [5.74, 6) is -0.385. The number of alkyl halides is 3. The Morgan fingerprint density at radius 1 is 1.17 bits per heavy atom. The Bertz CT molecular complexity index is 758. The molecule has 0 bridgehead atoms. The summed E-state index contributed by atoms with van der Waals surface area (Å²) < 4.78 is 39.7. The van der Waals surface area contributed by atoms with Crippen LogP contribution in [-0.2, 0) is 17.4 Å². The average Bonchev–Trinajstić information content (AvgIpc) is 3.20. The van der Waals surface area contributed by atoms with Gasteiger partial charge in [-0.3, -0.25) is 9.69 Å². The quantitative estimate of drug-likeness (QED) is 0.824. The van der Waals surface area contributed by atoms with Crippen LogP contribution in [0.15, 0.2) is 18.2 Å². The minimum absolute atomic E-state index is 0.00679. The highest BCUT2D eigenvalue weighted by molar-refractivity contribution is 5.82. The van der Waals surface area contributed by atoms with E-state index in [-0.39, 0.29) is 23.9 Å². The van der Waals surface area contributed by atoms with E-state index in [9.17, 15) is 18.0 Å². The van der Waals surface area contributed by atoms with Crippen molar-refractivity contribution in [2.45, 2.75) is 70.3 Å². The molecule has 1 aromatic carbocycles. The van der Waals surface area contributed by atoms with E-state index in [2.05, 4.69) is 15.1 Å². The lowest BCUT2D eigenvalue weighted by Gasteiger charge is -2.50. The van der Waals surface area contributed by atoms with Crippen molar-refractivity contribution >= 4 is 11.6 Å². The summed E-state index contributed by atoms with van der Waals surface area (Å²) in [6.07, 6.45) is 0.925. The zero-order chi connectivity index (χ0) is 20.8. The van der Waals surface area contributed by atoms with Gasteiger partial charge in [-0.25, -0.2) is 0 Å². The number of rotatable bonds is 3. The van der Waals surface area contributed by atoms with Gasteiger partial charge >= 0.3 is 6.18 Å². The Hall–Kier alpha value is -1.76. The fourth-order valence-electron chi connectivity index (χ4n) is 5.31. The number of carbonyl (C=O) groups excluding carboxylic acids is 1. The first kappa shape index (κ1) is 20.5. The summed E-state index contributed by atoms with van der Waals surface area (Å²) in [5, 5.41) is 3.00. The summed E-state index contributed by atoms with van der Waals surface area (Å²) in [5.41, 5.74) is 0.860. The highest BCUT2D eigenvalue weighted by Crippen LogP contribution is 2.40. The van der Waals surface area contributed by atoms with Gasteiger partial charge in [0.05, 0.1) is 17.5 Å². The van der Waals surface area contributed by atoms with Gasteiger partial charge in [-0.2, -0.15) is 13.2 Å². The van der Waals surface area contributed by atoms with Gasteiger partial charge in [-0.05, 0) is 56.9 Å². The topological polar surface area (TPSA) is 35.6 Å². The van der Waals surface area contributed by atoms with Gasteiger partial charge in [0.1, 0.15) is 0 Å². The molecule has 2 unspecified atom stereocenters. The van der Waals surface area contributed by atoms with Crippen molar-refractivity contribution in [3.8, 4) is 0 Å². The minimum atomic E-state index is -4.37. The van der Waals surface area contributed by atoms with Crippen molar-refractivity contribution in [3.63, 3.8) is 0 Å². The number of benzene rings is 1. The van der Waals surface area contributed by atoms with E-state index in [4.69, 9.17) is 0 Å². The van der Waals surface area contributed by atoms with Crippen LogP contribution in [0.2, 0.25) is 0 Å². The Labute approximate surface area is 170 Å². The third-order valence-corrected chi connectivity index (χ3v) is 6.68. The fraction of sp³-hybridized carbons (Fsp3) is 0.682. The van der Waals surface area contributed by atoms with Gasteiger partial charge in [0.15, 0.2) is 0 Å². The van der Waals surface area contributed by atoms with Crippen LogP contribution in [0.1, 0.15) is 50.7 Å². The number of halogens is 3. The maximum Gasteiger partial charge on any atom is 0.416 e. The highest BCUT2D eigenvalue weighted by Gasteiger charge is 2.44. The first-order valence-electron chi connectivity index (χ1n) is 10.7. The molecule has 2 aliphatic heterocycles. The summed E-state index contributed by atoms with van der Waals surface area (Å²) in [6.45, 7) is 6.30. The number of anilines is 1. The second-order valence-electron chi connectivity index (χ2n) is 9.01. The van der Waals surface area contributed by atoms with Crippen LogP contribution < -0.4 is 10.2 Å². The normalized spacial score (nSPS) is 25.8. The second-order valence-corrected chi connectivity index (χ2v) is 9.01. The Morgan fingerprint density at radius 3 is 2.55 bits per heavy atom. The Kier molecular flexibility index (Phi) is 5.53. The van der Waals surface area contributed by atoms with Crippen molar-refractivity contribution < 1.29 is 18.0 Å². The molecule has 0 radical (unpaired) electrons. The molecule has 4 rings (SSSR count). The predicted molar refractivity (Wildman–Crippen MR) is 107 cm³/mol. The molecule has 160 valence electrons. The van der Waals surface area contributed by atoms with Crippen LogP contribution in [0.3, 0.4) is 0 Å². The van der Waals surface area contributed by atoms with Crippen molar-refractivity contribution in [1.82, 2.24) is 10.2 Å². The molecule has 2 heterocycles. The fourth-order valence-corrected chi connectivity index (χ4v) is 5.31. The molecule has 1 saturated heterocycles. The van der Waals surface area contributed by atoms with Gasteiger partial charge < -0.3 is 10.2 Å². The van der Waals surface area contributed by atoms with Crippen LogP contribution in [0.5, 0.6) is 0 Å². The maximum atomic E-state index is 13.2. The van der Waals surface area contributed by atoms with Crippen molar-refractivity contribution in [1.29, 1.82) is 0 Å². The SMILES string of the molecule is CC(C)NC(=O)C1Cc2cc(C(F)(F)F)ccc2N2CCN(C3CCCC3)CC12. The van der Waals surface area contributed by atoms with E-state index in [0.29, 0.717) is 18.0 Å². The van der Waals surface area contributed by atoms with Crippen LogP contribution in [0.4, 0.5) is 18.9 Å². The minimum Gasteiger partial charge on any atom is -0.365 e. The second kappa shape index (κ2) is 7.82. The summed E-state index contributed by atoms with van der Waals surface area (Å²) in [6, 6.07) is 4.62. The van der Waals surface area contributed by atoms with Crippen molar-refractivity contribution in [3.05, 3.63) is 29.3 Å². The molecular formula is C22H30F3N3O. The molecule has 1 aromatic rings. The number of hydrogen-bond donors (Lipinski definition) is 1. The third kappa shape index (κ3) is 4.11. The number of nitrogens with one attached hydrogen (secondary N) is 1. The number of carbonyl (C=O) groups is 1. The molecule has 3 aliphatic rings. The molecule has 2 fully saturated rings. The Balaban J connectivity index is 1.65. The standard InChI is InChI=1S/C22H30F3N3O/c1-14(2)26-21(29)18-12-15-11-16(22(23,24)25)7-8-19(15)28-10-9-27(13-20(18)28)17-5-3-4-6-17/h7-8,11,14,17-18,20H,3-6,9-10,12-13H2,1-2H3,(H,26,29). The van der Waals surface area contributed by atoms with Crippen LogP contribution in [-0.4, -0.2) is 48.6 Å². The highest BCUT2D eigenvalue weighted by atomic mass is 19.4. The van der Waals surface area contributed by atoms with E-state index < -0.39 is 11.7 Å². The van der Waals surface area contributed by atoms with Gasteiger partial charge in [0.2, 0.25) is 5.91 Å². The van der Waals surface area contributed by atoms with E-state index >= 15 is 0 Å². The molecule has 29 heavy (non-hydrogen) atoms. The smallest absolute Gasteiger partial charge is 0.365 e. The van der Waals surface area contributed by atoms with Crippen LogP contribution in [0, 0.1) is 5.92 Å². The molecule has 4 nitrogen and oxygen atoms in total. The van der Waals surface area contributed by atoms with Crippen molar-refractivity contribution in [2.24, 2.45) is 5.92 Å². The average molecular weight is 409 g/mol. The zero-order valence-corrected chi connectivity index (χ0v) is 17.1. The third-order valence-electron chi connectivity index (χ3n) is 6.68. The number of nitrogens with zero attached hydrogens (tertiary/aromatic N) is 2. The van der Waals surface area contributed by atoms with E-state index in [1.807, 2.05) is 13.8 Å². The van der Waals surface area contributed by atoms with E-state index in [0.717, 1.165) is 25.3 Å². The molecule has 7 heteroatoms. The zero-order valence-electron chi connectivity index (χ0n) is 17.1. The van der Waals surface area contributed by atoms with E-state index in [1.54, 1.807) is 6.07 Å². The molecule has 1 aliphatic carbocycles. The largest absolute Gasteiger partial charge is 0.416 e. The number of amides is 1. The lowest BCUT2D eigenvalue weighted by atomic mass is 9.82. The molecule has 0 aromatic heterocycles. The predicted octanol–water partition coefficient (Wildman–Crippen LogP) is 3.84. The first-order chi connectivity index (χ1) is 13.7. The molecule has 1 saturated carbocycles. The summed E-state index contributed by atoms with van der Waals surface area (Å²) in [7, 11) is 0. The van der Waals surface area contributed by atoms with Crippen LogP contribution >= 0.6 is 0 Å². The number of hydrogen-bond acceptors (Lipinski definition) is 3. The monoisotopic (exact) mass is 409 g/mol. The van der Waals surface area contributed by atoms with Gasteiger partial charge in [-0.1, -0.05) is 12.8 Å². The van der Waals surface area contributed by atoms with Gasteiger partial charge in [0.25, 0.3) is 0 Å². The summed E-state index contributed by atoms with van der Waals surface area (Å²) in [4.78, 5) is 17.7. The van der Waals surface area contributed by atoms with Crippen molar-refractivity contribution in [2.75, 3.05) is 24.5 Å². The molecule has 1 amide bonds. The van der Waals surface area contributed by atoms with Crippen LogP contribution in [0.25, 0.3) is 0 Å². The molecule has 1 N–H and O–H groups in total. The lowest BCUT2D eigenvalue weighted by molar-refractivity contribution is -0.137. The first-order valence-corrected chi connectivity index (χ1v) is 10.7. The Morgan fingerprint density at radius 2 is 1.90 bits per heavy atom. The van der Waals surface area contributed by atoms with Gasteiger partial charge in [0, 0.05) is 37.4 Å². The number of fused-ring (bicyclic) bond motifs is 3. The lowest BCUT2D eigenvalue weighted by Crippen LogP contribution is -2.62. The summed E-state index contributed by atoms with van der Waals surface area (Å²) >= 11 is 0. The van der Waals surface area contributed by atoms with E-state index in [1.165, 1.54) is 37.8 Å².